The van der Waals surface area contributed by atoms with Crippen LogP contribution in [-0.4, -0.2) is 25.0 Å². The van der Waals surface area contributed by atoms with Crippen LogP contribution in [0.1, 0.15) is 22.0 Å². The lowest BCUT2D eigenvalue weighted by molar-refractivity contribution is -0.920. The first-order valence-corrected chi connectivity index (χ1v) is 10.3. The summed E-state index contributed by atoms with van der Waals surface area (Å²) < 4.78 is 13.7. The Bertz CT molecular complexity index is 1020. The molecule has 2 heterocycles. The van der Waals surface area contributed by atoms with Gasteiger partial charge < -0.3 is 10.2 Å². The fraction of sp³-hybridized carbons (Fsp3) is 0.182. The van der Waals surface area contributed by atoms with Crippen LogP contribution in [0.5, 0.6) is 0 Å². The van der Waals surface area contributed by atoms with Gasteiger partial charge in [0.05, 0.1) is 12.2 Å². The third-order valence-corrected chi connectivity index (χ3v) is 6.06. The zero-order valence-corrected chi connectivity index (χ0v) is 16.5. The quantitative estimate of drug-likeness (QED) is 0.619. The summed E-state index contributed by atoms with van der Waals surface area (Å²) in [7, 11) is 0. The van der Waals surface area contributed by atoms with Crippen molar-refractivity contribution >= 4 is 29.0 Å². The molecule has 0 saturated heterocycles. The summed E-state index contributed by atoms with van der Waals surface area (Å²) in [6, 6.07) is 17.4. The number of carbonyl (C=O) groups is 2. The molecule has 2 atom stereocenters. The van der Waals surface area contributed by atoms with Crippen LogP contribution in [0.15, 0.2) is 66.0 Å². The second kappa shape index (κ2) is 8.55. The first kappa shape index (κ1) is 19.3. The highest BCUT2D eigenvalue weighted by molar-refractivity contribution is 7.10. The van der Waals surface area contributed by atoms with Crippen LogP contribution < -0.4 is 15.5 Å². The van der Waals surface area contributed by atoms with Gasteiger partial charge in [-0.1, -0.05) is 42.5 Å². The Labute approximate surface area is 172 Å². The number of carbonyl (C=O) groups excluding carboxylic acids is 2. The van der Waals surface area contributed by atoms with E-state index in [-0.39, 0.29) is 18.3 Å². The monoisotopic (exact) mass is 410 g/mol. The van der Waals surface area contributed by atoms with E-state index in [9.17, 15) is 14.0 Å². The number of thiophene rings is 1. The maximum absolute atomic E-state index is 13.7. The number of quaternary nitrogens is 1. The third kappa shape index (κ3) is 4.36. The highest BCUT2D eigenvalue weighted by Crippen LogP contribution is 2.29. The van der Waals surface area contributed by atoms with Crippen molar-refractivity contribution in [2.45, 2.75) is 12.5 Å². The van der Waals surface area contributed by atoms with E-state index in [0.29, 0.717) is 0 Å². The van der Waals surface area contributed by atoms with Crippen LogP contribution in [0.25, 0.3) is 0 Å². The Morgan fingerprint density at radius 2 is 1.83 bits per heavy atom. The van der Waals surface area contributed by atoms with Crippen LogP contribution in [0.2, 0.25) is 0 Å². The van der Waals surface area contributed by atoms with E-state index in [1.165, 1.54) is 28.6 Å². The van der Waals surface area contributed by atoms with Gasteiger partial charge in [0.1, 0.15) is 11.9 Å². The smallest absolute Gasteiger partial charge is 0.317 e. The fourth-order valence-electron chi connectivity index (χ4n) is 3.79. The van der Waals surface area contributed by atoms with E-state index in [1.54, 1.807) is 17.4 Å². The van der Waals surface area contributed by atoms with Crippen molar-refractivity contribution < 1.29 is 18.9 Å². The number of nitrogens with one attached hydrogen (secondary N) is 3. The molecular weight excluding hydrogens is 389 g/mol. The van der Waals surface area contributed by atoms with Gasteiger partial charge in [-0.2, -0.15) is 0 Å². The van der Waals surface area contributed by atoms with Crippen molar-refractivity contribution in [3.63, 3.8) is 0 Å². The average molecular weight is 410 g/mol. The van der Waals surface area contributed by atoms with Crippen molar-refractivity contribution in [3.05, 3.63) is 87.9 Å². The van der Waals surface area contributed by atoms with Crippen LogP contribution in [0, 0.1) is 5.82 Å². The molecule has 2 aromatic carbocycles. The Hall–Kier alpha value is -3.03. The van der Waals surface area contributed by atoms with Gasteiger partial charge in [-0.3, -0.25) is 10.1 Å². The highest BCUT2D eigenvalue weighted by Gasteiger charge is 2.34. The van der Waals surface area contributed by atoms with Crippen LogP contribution in [0.4, 0.5) is 14.9 Å². The molecule has 29 heavy (non-hydrogen) atoms. The SMILES string of the molecule is O=C(C[NH+]1CCc2sccc2[C@@H]1c1ccccc1)NC(=O)Nc1ccccc1F. The minimum atomic E-state index is -0.732. The van der Waals surface area contributed by atoms with E-state index in [4.69, 9.17) is 0 Å². The van der Waals surface area contributed by atoms with Gasteiger partial charge in [0.15, 0.2) is 6.54 Å². The number of halogens is 1. The molecule has 0 radical (unpaired) electrons. The number of urea groups is 1. The summed E-state index contributed by atoms with van der Waals surface area (Å²) in [6.07, 6.45) is 0.903. The molecule has 1 aromatic heterocycles. The van der Waals surface area contributed by atoms with Crippen molar-refractivity contribution in [1.29, 1.82) is 0 Å². The predicted octanol–water partition coefficient (Wildman–Crippen LogP) is 2.77. The van der Waals surface area contributed by atoms with Gasteiger partial charge >= 0.3 is 6.03 Å². The Balaban J connectivity index is 1.45. The van der Waals surface area contributed by atoms with Crippen LogP contribution in [-0.2, 0) is 11.2 Å². The molecule has 0 fully saturated rings. The normalized spacial score (nSPS) is 18.0. The molecule has 0 saturated carbocycles. The molecule has 0 aliphatic carbocycles. The molecule has 3 amide bonds. The van der Waals surface area contributed by atoms with Crippen LogP contribution >= 0.6 is 11.3 Å². The lowest BCUT2D eigenvalue weighted by Gasteiger charge is -2.32. The first-order chi connectivity index (χ1) is 14.1. The van der Waals surface area contributed by atoms with Gasteiger partial charge in [-0.25, -0.2) is 9.18 Å². The Morgan fingerprint density at radius 3 is 2.62 bits per heavy atom. The number of para-hydroxylation sites is 1. The molecule has 4 rings (SSSR count). The number of benzene rings is 2. The fourth-order valence-corrected chi connectivity index (χ4v) is 4.71. The van der Waals surface area contributed by atoms with E-state index in [1.807, 2.05) is 18.2 Å². The number of amides is 3. The first-order valence-electron chi connectivity index (χ1n) is 9.43. The van der Waals surface area contributed by atoms with Gasteiger partial charge in [-0.15, -0.1) is 11.3 Å². The Kier molecular flexibility index (Phi) is 5.69. The third-order valence-electron chi connectivity index (χ3n) is 5.07. The van der Waals surface area contributed by atoms with Crippen molar-refractivity contribution in [1.82, 2.24) is 5.32 Å². The van der Waals surface area contributed by atoms with E-state index >= 15 is 0 Å². The molecule has 7 heteroatoms. The summed E-state index contributed by atoms with van der Waals surface area (Å²) in [4.78, 5) is 27.1. The molecule has 148 valence electrons. The number of hydrogen-bond acceptors (Lipinski definition) is 3. The maximum atomic E-state index is 13.7. The van der Waals surface area contributed by atoms with Gasteiger partial charge in [0, 0.05) is 22.4 Å². The zero-order valence-electron chi connectivity index (χ0n) is 15.7. The lowest BCUT2D eigenvalue weighted by atomic mass is 9.93. The van der Waals surface area contributed by atoms with E-state index in [0.717, 1.165) is 23.4 Å². The lowest BCUT2D eigenvalue weighted by Crippen LogP contribution is -3.14. The van der Waals surface area contributed by atoms with Crippen LogP contribution in [0.3, 0.4) is 0 Å². The van der Waals surface area contributed by atoms with Crippen molar-refractivity contribution in [2.75, 3.05) is 18.4 Å². The van der Waals surface area contributed by atoms with E-state index < -0.39 is 17.8 Å². The maximum Gasteiger partial charge on any atom is 0.326 e. The number of hydrogen-bond donors (Lipinski definition) is 3. The number of anilines is 1. The van der Waals surface area contributed by atoms with Gasteiger partial charge in [0.2, 0.25) is 0 Å². The van der Waals surface area contributed by atoms with Crippen molar-refractivity contribution in [2.24, 2.45) is 0 Å². The minimum Gasteiger partial charge on any atom is -0.317 e. The molecule has 1 unspecified atom stereocenters. The topological polar surface area (TPSA) is 62.6 Å². The zero-order chi connectivity index (χ0) is 20.2. The molecular formula is C22H21FN3O2S+. The second-order valence-electron chi connectivity index (χ2n) is 6.96. The molecule has 3 aromatic rings. The summed E-state index contributed by atoms with van der Waals surface area (Å²) in [6.45, 7) is 0.953. The Morgan fingerprint density at radius 1 is 1.07 bits per heavy atom. The highest BCUT2D eigenvalue weighted by atomic mass is 32.1. The average Bonchev–Trinajstić information content (AvgIpc) is 3.19. The summed E-state index contributed by atoms with van der Waals surface area (Å²) in [5, 5.41) is 6.79. The number of rotatable bonds is 4. The van der Waals surface area contributed by atoms with Gasteiger partial charge in [0.25, 0.3) is 5.91 Å². The standard InChI is InChI=1S/C22H20FN3O2S/c23-17-8-4-5-9-18(17)24-22(28)25-20(27)14-26-12-10-19-16(11-13-29-19)21(26)15-6-2-1-3-7-15/h1-9,11,13,21H,10,12,14H2,(H2,24,25,27,28)/p+1/t21-/m0/s1. The largest absolute Gasteiger partial charge is 0.326 e. The number of fused-ring (bicyclic) bond motifs is 1. The minimum absolute atomic E-state index is 0.0354. The molecule has 0 spiro atoms. The molecule has 1 aliphatic rings. The number of imide groups is 1. The molecule has 0 bridgehead atoms. The summed E-state index contributed by atoms with van der Waals surface area (Å²) in [5.41, 5.74) is 2.42. The molecule has 5 nitrogen and oxygen atoms in total. The molecule has 3 N–H and O–H groups in total. The second-order valence-corrected chi connectivity index (χ2v) is 7.96. The predicted molar refractivity (Wildman–Crippen MR) is 111 cm³/mol. The summed E-state index contributed by atoms with van der Waals surface area (Å²) in [5.74, 6) is -0.945. The molecule has 1 aliphatic heterocycles. The van der Waals surface area contributed by atoms with E-state index in [2.05, 4.69) is 34.2 Å². The van der Waals surface area contributed by atoms with Crippen molar-refractivity contribution in [3.8, 4) is 0 Å². The summed E-state index contributed by atoms with van der Waals surface area (Å²) >= 11 is 1.74. The van der Waals surface area contributed by atoms with Gasteiger partial charge in [-0.05, 0) is 23.6 Å².